The van der Waals surface area contributed by atoms with Gasteiger partial charge in [-0.2, -0.15) is 0 Å². The van der Waals surface area contributed by atoms with E-state index in [2.05, 4.69) is 15.0 Å². The van der Waals surface area contributed by atoms with Crippen LogP contribution in [0.2, 0.25) is 0 Å². The molecule has 0 aliphatic carbocycles. The highest BCUT2D eigenvalue weighted by molar-refractivity contribution is 5.96. The van der Waals surface area contributed by atoms with Gasteiger partial charge in [-0.1, -0.05) is 30.3 Å². The lowest BCUT2D eigenvalue weighted by Gasteiger charge is -2.32. The van der Waals surface area contributed by atoms with Gasteiger partial charge in [0.05, 0.1) is 12.4 Å². The molecule has 0 aromatic heterocycles. The quantitative estimate of drug-likeness (QED) is 0.655. The molecule has 1 aromatic carbocycles. The fourth-order valence-electron chi connectivity index (χ4n) is 3.77. The van der Waals surface area contributed by atoms with Crippen molar-refractivity contribution >= 4 is 18.5 Å². The standard InChI is InChI=1S/C19H25N5O4/c1-10(2)27-15(11-6-4-3-5-7-11)16-13(25)14(26)19(28-16)24-9-23-12-17(20)21-8-22-18(12)24/h3-10,12-16,18-19,25-26H,1-2H3,(H2,20,21,22)/t12?,13-,14+,15+,16-,18?,19+/m0/s1. The number of amidine groups is 1. The molecule has 4 N–H and O–H groups in total. The Kier molecular flexibility index (Phi) is 5.15. The molecule has 1 saturated heterocycles. The number of nitrogens with zero attached hydrogens (tertiary/aromatic N) is 4. The molecule has 7 atom stereocenters. The maximum atomic E-state index is 10.8. The maximum absolute atomic E-state index is 10.8. The average Bonchev–Trinajstić information content (AvgIpc) is 3.23. The molecule has 0 bridgehead atoms. The molecule has 4 rings (SSSR count). The van der Waals surface area contributed by atoms with Crippen LogP contribution in [0, 0.1) is 0 Å². The molecule has 0 amide bonds. The average molecular weight is 387 g/mol. The molecular weight excluding hydrogens is 362 g/mol. The molecule has 0 spiro atoms. The van der Waals surface area contributed by atoms with Crippen LogP contribution in [0.25, 0.3) is 0 Å². The molecule has 9 heteroatoms. The van der Waals surface area contributed by atoms with Crippen LogP contribution in [-0.2, 0) is 9.47 Å². The molecule has 1 fully saturated rings. The van der Waals surface area contributed by atoms with Gasteiger partial charge in [-0.05, 0) is 19.4 Å². The minimum absolute atomic E-state index is 0.0890. The summed E-state index contributed by atoms with van der Waals surface area (Å²) in [5, 5.41) is 21.5. The van der Waals surface area contributed by atoms with Crippen LogP contribution < -0.4 is 5.73 Å². The van der Waals surface area contributed by atoms with E-state index in [4.69, 9.17) is 15.2 Å². The predicted molar refractivity (Wildman–Crippen MR) is 104 cm³/mol. The number of hydrogen-bond acceptors (Lipinski definition) is 9. The topological polar surface area (TPSA) is 125 Å². The monoisotopic (exact) mass is 387 g/mol. The summed E-state index contributed by atoms with van der Waals surface area (Å²) in [7, 11) is 0. The summed E-state index contributed by atoms with van der Waals surface area (Å²) in [6, 6.07) is 9.12. The molecule has 2 unspecified atom stereocenters. The molecule has 0 saturated carbocycles. The van der Waals surface area contributed by atoms with Gasteiger partial charge in [0.25, 0.3) is 0 Å². The molecule has 28 heavy (non-hydrogen) atoms. The van der Waals surface area contributed by atoms with Crippen molar-refractivity contribution in [3.05, 3.63) is 35.9 Å². The first kappa shape index (κ1) is 19.0. The second-order valence-corrected chi connectivity index (χ2v) is 7.38. The number of benzene rings is 1. The smallest absolute Gasteiger partial charge is 0.162 e. The van der Waals surface area contributed by atoms with Crippen LogP contribution in [0.5, 0.6) is 0 Å². The Morgan fingerprint density at radius 2 is 1.89 bits per heavy atom. The Bertz CT molecular complexity index is 784. The highest BCUT2D eigenvalue weighted by Crippen LogP contribution is 2.37. The van der Waals surface area contributed by atoms with Crippen molar-refractivity contribution in [3.8, 4) is 0 Å². The lowest BCUT2D eigenvalue weighted by molar-refractivity contribution is -0.132. The summed E-state index contributed by atoms with van der Waals surface area (Å²) in [5.74, 6) is 0.355. The fraction of sp³-hybridized carbons (Fsp3) is 0.526. The number of aliphatic hydroxyl groups is 2. The van der Waals surface area contributed by atoms with Gasteiger partial charge in [-0.25, -0.2) is 9.98 Å². The van der Waals surface area contributed by atoms with Crippen LogP contribution in [0.3, 0.4) is 0 Å². The van der Waals surface area contributed by atoms with E-state index < -0.39 is 42.9 Å². The van der Waals surface area contributed by atoms with Crippen molar-refractivity contribution in [2.24, 2.45) is 20.7 Å². The van der Waals surface area contributed by atoms with Gasteiger partial charge in [-0.3, -0.25) is 4.99 Å². The van der Waals surface area contributed by atoms with E-state index in [0.717, 1.165) is 5.56 Å². The number of nitrogens with two attached hydrogens (primary N) is 1. The first-order valence-electron chi connectivity index (χ1n) is 9.35. The minimum Gasteiger partial charge on any atom is -0.387 e. The van der Waals surface area contributed by atoms with Crippen molar-refractivity contribution in [3.63, 3.8) is 0 Å². The molecule has 9 nitrogen and oxygen atoms in total. The highest BCUT2D eigenvalue weighted by Gasteiger charge is 2.52. The predicted octanol–water partition coefficient (Wildman–Crippen LogP) is 0.0371. The second-order valence-electron chi connectivity index (χ2n) is 7.38. The SMILES string of the molecule is CC(C)O[C@H](c1ccccc1)[C@H]1O[C@@H](N2C=NC3C(N)=NC=NC32)[C@H](O)[C@@H]1O. The largest absolute Gasteiger partial charge is 0.387 e. The highest BCUT2D eigenvalue weighted by atomic mass is 16.6. The fourth-order valence-corrected chi connectivity index (χ4v) is 3.77. The summed E-state index contributed by atoms with van der Waals surface area (Å²) in [6.45, 7) is 3.84. The van der Waals surface area contributed by atoms with Gasteiger partial charge in [0, 0.05) is 0 Å². The Morgan fingerprint density at radius 3 is 2.61 bits per heavy atom. The van der Waals surface area contributed by atoms with E-state index in [1.165, 1.54) is 6.34 Å². The number of aliphatic imine (C=N–C) groups is 3. The Hall–Kier alpha value is -2.33. The van der Waals surface area contributed by atoms with Crippen molar-refractivity contribution in [2.45, 2.75) is 62.8 Å². The molecule has 150 valence electrons. The van der Waals surface area contributed by atoms with Crippen LogP contribution in [-0.4, -0.2) is 76.5 Å². The summed E-state index contributed by atoms with van der Waals surface area (Å²) >= 11 is 0. The zero-order valence-corrected chi connectivity index (χ0v) is 15.7. The summed E-state index contributed by atoms with van der Waals surface area (Å²) in [4.78, 5) is 14.3. The first-order chi connectivity index (χ1) is 13.5. The van der Waals surface area contributed by atoms with Gasteiger partial charge < -0.3 is 30.3 Å². The Morgan fingerprint density at radius 1 is 1.14 bits per heavy atom. The van der Waals surface area contributed by atoms with Crippen LogP contribution in [0.4, 0.5) is 0 Å². The molecule has 3 heterocycles. The summed E-state index contributed by atoms with van der Waals surface area (Å²) in [6.07, 6.45) is -2.04. The van der Waals surface area contributed by atoms with Crippen LogP contribution in [0.1, 0.15) is 25.5 Å². The van der Waals surface area contributed by atoms with E-state index in [9.17, 15) is 10.2 Å². The van der Waals surface area contributed by atoms with Gasteiger partial charge >= 0.3 is 0 Å². The number of ether oxygens (including phenoxy) is 2. The van der Waals surface area contributed by atoms with Crippen molar-refractivity contribution in [2.75, 3.05) is 0 Å². The van der Waals surface area contributed by atoms with Gasteiger partial charge in [0.15, 0.2) is 12.4 Å². The number of hydrogen-bond donors (Lipinski definition) is 3. The Labute approximate surface area is 163 Å². The van der Waals surface area contributed by atoms with Crippen molar-refractivity contribution in [1.82, 2.24) is 4.90 Å². The van der Waals surface area contributed by atoms with Crippen molar-refractivity contribution < 1.29 is 19.7 Å². The molecular formula is C19H25N5O4. The first-order valence-corrected chi connectivity index (χ1v) is 9.35. The summed E-state index contributed by atoms with van der Waals surface area (Å²) < 4.78 is 12.2. The van der Waals surface area contributed by atoms with Gasteiger partial charge in [-0.15, -0.1) is 0 Å². The zero-order chi connectivity index (χ0) is 19.8. The number of fused-ring (bicyclic) bond motifs is 1. The van der Waals surface area contributed by atoms with Gasteiger partial charge in [0.1, 0.15) is 42.6 Å². The normalized spacial score (nSPS) is 35.3. The van der Waals surface area contributed by atoms with Gasteiger partial charge in [0.2, 0.25) is 0 Å². The van der Waals surface area contributed by atoms with E-state index >= 15 is 0 Å². The summed E-state index contributed by atoms with van der Waals surface area (Å²) in [5.41, 5.74) is 6.76. The third-order valence-electron chi connectivity index (χ3n) is 5.09. The lowest BCUT2D eigenvalue weighted by atomic mass is 9.98. The molecule has 0 radical (unpaired) electrons. The molecule has 3 aliphatic rings. The number of rotatable bonds is 5. The van der Waals surface area contributed by atoms with Crippen LogP contribution in [0.15, 0.2) is 45.3 Å². The third kappa shape index (κ3) is 3.30. The van der Waals surface area contributed by atoms with E-state index in [-0.39, 0.29) is 6.10 Å². The lowest BCUT2D eigenvalue weighted by Crippen LogP contribution is -2.51. The van der Waals surface area contributed by atoms with E-state index in [1.54, 1.807) is 11.2 Å². The van der Waals surface area contributed by atoms with Crippen LogP contribution >= 0.6 is 0 Å². The number of aliphatic hydroxyl groups excluding tert-OH is 2. The maximum Gasteiger partial charge on any atom is 0.162 e. The van der Waals surface area contributed by atoms with E-state index in [0.29, 0.717) is 5.84 Å². The molecule has 3 aliphatic heterocycles. The second kappa shape index (κ2) is 7.59. The van der Waals surface area contributed by atoms with Crippen molar-refractivity contribution in [1.29, 1.82) is 0 Å². The third-order valence-corrected chi connectivity index (χ3v) is 5.09. The Balaban J connectivity index is 1.58. The minimum atomic E-state index is -1.16. The molecule has 1 aromatic rings. The van der Waals surface area contributed by atoms with E-state index in [1.807, 2.05) is 44.2 Å². The zero-order valence-electron chi connectivity index (χ0n) is 15.7.